The Morgan fingerprint density at radius 3 is 2.48 bits per heavy atom. The average molecular weight is 402 g/mol. The highest BCUT2D eigenvalue weighted by atomic mass is 32.2. The standard InChI is InChI=1S/C18H14N2O5S2/c1-9(16(22)23)26-18-20-13-7-6-10(8-14(13)27-18)19-15(21)11-4-2-3-5-12(11)17(24)25/h2-9H,1H3,(H,19,21)(H,22,23)(H,24,25). The van der Waals surface area contributed by atoms with E-state index >= 15 is 0 Å². The van der Waals surface area contributed by atoms with Crippen LogP contribution in [0, 0.1) is 0 Å². The van der Waals surface area contributed by atoms with Crippen molar-refractivity contribution < 1.29 is 24.6 Å². The van der Waals surface area contributed by atoms with Gasteiger partial charge < -0.3 is 15.5 Å². The molecule has 0 aliphatic rings. The lowest BCUT2D eigenvalue weighted by Crippen LogP contribution is -2.16. The number of rotatable bonds is 6. The van der Waals surface area contributed by atoms with Crippen molar-refractivity contribution in [1.82, 2.24) is 4.98 Å². The maximum absolute atomic E-state index is 12.4. The molecule has 3 aromatic rings. The van der Waals surface area contributed by atoms with Crippen molar-refractivity contribution in [1.29, 1.82) is 0 Å². The summed E-state index contributed by atoms with van der Waals surface area (Å²) in [5.41, 5.74) is 1.19. The predicted molar refractivity (Wildman–Crippen MR) is 104 cm³/mol. The number of carboxylic acid groups (broad SMARTS) is 2. The molecule has 1 atom stereocenters. The van der Waals surface area contributed by atoms with E-state index in [0.29, 0.717) is 15.5 Å². The van der Waals surface area contributed by atoms with Crippen molar-refractivity contribution in [3.8, 4) is 0 Å². The number of carbonyl (C=O) groups is 3. The second-order valence-electron chi connectivity index (χ2n) is 5.57. The van der Waals surface area contributed by atoms with E-state index in [0.717, 1.165) is 16.5 Å². The van der Waals surface area contributed by atoms with Crippen LogP contribution >= 0.6 is 23.1 Å². The van der Waals surface area contributed by atoms with Crippen LogP contribution in [-0.2, 0) is 4.79 Å². The first-order chi connectivity index (χ1) is 12.8. The van der Waals surface area contributed by atoms with Gasteiger partial charge in [-0.3, -0.25) is 9.59 Å². The summed E-state index contributed by atoms with van der Waals surface area (Å²) in [6.45, 7) is 1.59. The van der Waals surface area contributed by atoms with Crippen molar-refractivity contribution in [2.75, 3.05) is 5.32 Å². The number of carbonyl (C=O) groups excluding carboxylic acids is 1. The van der Waals surface area contributed by atoms with Gasteiger partial charge in [-0.1, -0.05) is 23.9 Å². The topological polar surface area (TPSA) is 117 Å². The van der Waals surface area contributed by atoms with Gasteiger partial charge in [-0.15, -0.1) is 11.3 Å². The van der Waals surface area contributed by atoms with Gasteiger partial charge in [0, 0.05) is 5.69 Å². The number of thioether (sulfide) groups is 1. The number of hydrogen-bond donors (Lipinski definition) is 3. The summed E-state index contributed by atoms with van der Waals surface area (Å²) in [5, 5.41) is 20.3. The molecular formula is C18H14N2O5S2. The lowest BCUT2D eigenvalue weighted by Gasteiger charge is -2.07. The first-order valence-corrected chi connectivity index (χ1v) is 9.48. The van der Waals surface area contributed by atoms with E-state index < -0.39 is 23.1 Å². The molecule has 3 N–H and O–H groups in total. The number of amides is 1. The van der Waals surface area contributed by atoms with E-state index in [1.165, 1.54) is 23.5 Å². The molecule has 0 spiro atoms. The van der Waals surface area contributed by atoms with Crippen LogP contribution in [0.5, 0.6) is 0 Å². The van der Waals surface area contributed by atoms with Crippen molar-refractivity contribution in [2.45, 2.75) is 16.5 Å². The molecule has 0 fully saturated rings. The molecule has 1 amide bonds. The molecule has 1 heterocycles. The number of aliphatic carboxylic acids is 1. The minimum Gasteiger partial charge on any atom is -0.480 e. The van der Waals surface area contributed by atoms with Crippen LogP contribution in [0.3, 0.4) is 0 Å². The third-order valence-electron chi connectivity index (χ3n) is 3.65. The monoisotopic (exact) mass is 402 g/mol. The number of fused-ring (bicyclic) bond motifs is 1. The molecule has 0 saturated carbocycles. The van der Waals surface area contributed by atoms with Gasteiger partial charge in [-0.2, -0.15) is 0 Å². The van der Waals surface area contributed by atoms with E-state index in [4.69, 9.17) is 5.11 Å². The Morgan fingerprint density at radius 1 is 1.11 bits per heavy atom. The predicted octanol–water partition coefficient (Wildman–Crippen LogP) is 3.81. The van der Waals surface area contributed by atoms with E-state index in [1.807, 2.05) is 0 Å². The van der Waals surface area contributed by atoms with Gasteiger partial charge in [0.05, 0.1) is 21.3 Å². The first-order valence-electron chi connectivity index (χ1n) is 7.79. The fraction of sp³-hybridized carbons (Fsp3) is 0.111. The number of anilines is 1. The van der Waals surface area contributed by atoms with E-state index in [9.17, 15) is 19.5 Å². The SMILES string of the molecule is CC(Sc1nc2ccc(NC(=O)c3ccccc3C(=O)O)cc2s1)C(=O)O. The summed E-state index contributed by atoms with van der Waals surface area (Å²) < 4.78 is 1.42. The number of hydrogen-bond acceptors (Lipinski definition) is 6. The summed E-state index contributed by atoms with van der Waals surface area (Å²) in [5.74, 6) is -2.61. The van der Waals surface area contributed by atoms with Crippen LogP contribution in [-0.4, -0.2) is 38.3 Å². The van der Waals surface area contributed by atoms with E-state index in [2.05, 4.69) is 10.3 Å². The lowest BCUT2D eigenvalue weighted by molar-refractivity contribution is -0.136. The maximum atomic E-state index is 12.4. The van der Waals surface area contributed by atoms with E-state index in [-0.39, 0.29) is 11.1 Å². The number of carboxylic acids is 2. The molecule has 7 nitrogen and oxygen atoms in total. The molecule has 1 aromatic heterocycles. The third kappa shape index (κ3) is 4.26. The minimum absolute atomic E-state index is 0.0703. The molecule has 0 aliphatic heterocycles. The molecule has 27 heavy (non-hydrogen) atoms. The van der Waals surface area contributed by atoms with E-state index in [1.54, 1.807) is 37.3 Å². The molecule has 2 aromatic carbocycles. The Balaban J connectivity index is 1.82. The smallest absolute Gasteiger partial charge is 0.336 e. The third-order valence-corrected chi connectivity index (χ3v) is 5.85. The van der Waals surface area contributed by atoms with Crippen LogP contribution < -0.4 is 5.32 Å². The quantitative estimate of drug-likeness (QED) is 0.537. The second-order valence-corrected chi connectivity index (χ2v) is 8.18. The average Bonchev–Trinajstić information content (AvgIpc) is 3.02. The summed E-state index contributed by atoms with van der Waals surface area (Å²) in [4.78, 5) is 39.1. The molecule has 0 saturated heterocycles. The lowest BCUT2D eigenvalue weighted by atomic mass is 10.1. The Morgan fingerprint density at radius 2 is 1.81 bits per heavy atom. The van der Waals surface area contributed by atoms with Crippen molar-refractivity contribution in [3.63, 3.8) is 0 Å². The Labute approximate surface area is 162 Å². The summed E-state index contributed by atoms with van der Waals surface area (Å²) in [6, 6.07) is 11.1. The zero-order chi connectivity index (χ0) is 19.6. The number of nitrogens with one attached hydrogen (secondary N) is 1. The Kier molecular flexibility index (Phi) is 5.43. The molecule has 3 rings (SSSR count). The highest BCUT2D eigenvalue weighted by molar-refractivity contribution is 8.02. The number of aromatic nitrogens is 1. The summed E-state index contributed by atoms with van der Waals surface area (Å²) in [7, 11) is 0. The number of benzene rings is 2. The molecule has 0 radical (unpaired) electrons. The number of aromatic carboxylic acids is 1. The zero-order valence-corrected chi connectivity index (χ0v) is 15.6. The Hall–Kier alpha value is -2.91. The van der Waals surface area contributed by atoms with Crippen molar-refractivity contribution in [2.24, 2.45) is 0 Å². The normalized spacial score (nSPS) is 11.9. The van der Waals surface area contributed by atoms with Gasteiger partial charge in [0.2, 0.25) is 0 Å². The highest BCUT2D eigenvalue weighted by Crippen LogP contribution is 2.33. The molecule has 0 bridgehead atoms. The van der Waals surface area contributed by atoms with Gasteiger partial charge >= 0.3 is 11.9 Å². The maximum Gasteiger partial charge on any atom is 0.336 e. The van der Waals surface area contributed by atoms with Gasteiger partial charge in [-0.05, 0) is 37.3 Å². The van der Waals surface area contributed by atoms with Gasteiger partial charge in [0.25, 0.3) is 5.91 Å². The zero-order valence-electron chi connectivity index (χ0n) is 14.0. The van der Waals surface area contributed by atoms with Crippen molar-refractivity contribution in [3.05, 3.63) is 53.6 Å². The summed E-state index contributed by atoms with van der Waals surface area (Å²) in [6.07, 6.45) is 0. The van der Waals surface area contributed by atoms with Crippen LogP contribution in [0.2, 0.25) is 0 Å². The molecule has 138 valence electrons. The second kappa shape index (κ2) is 7.77. The van der Waals surface area contributed by atoms with Crippen LogP contribution in [0.1, 0.15) is 27.6 Å². The van der Waals surface area contributed by atoms with Crippen LogP contribution in [0.15, 0.2) is 46.8 Å². The minimum atomic E-state index is -1.17. The Bertz CT molecular complexity index is 1050. The largest absolute Gasteiger partial charge is 0.480 e. The summed E-state index contributed by atoms with van der Waals surface area (Å²) >= 11 is 2.49. The van der Waals surface area contributed by atoms with Crippen molar-refractivity contribution >= 4 is 56.8 Å². The van der Waals surface area contributed by atoms with Crippen LogP contribution in [0.25, 0.3) is 10.2 Å². The molecule has 9 heteroatoms. The van der Waals surface area contributed by atoms with Gasteiger partial charge in [-0.25, -0.2) is 9.78 Å². The molecular weight excluding hydrogens is 388 g/mol. The molecule has 0 aliphatic carbocycles. The van der Waals surface area contributed by atoms with Gasteiger partial charge in [0.15, 0.2) is 4.34 Å². The fourth-order valence-electron chi connectivity index (χ4n) is 2.30. The highest BCUT2D eigenvalue weighted by Gasteiger charge is 2.17. The first kappa shape index (κ1) is 18.9. The number of thiazole rings is 1. The fourth-order valence-corrected chi connectivity index (χ4v) is 4.48. The van der Waals surface area contributed by atoms with Gasteiger partial charge in [0.1, 0.15) is 5.25 Å². The molecule has 1 unspecified atom stereocenters. The number of nitrogens with zero attached hydrogens (tertiary/aromatic N) is 1. The van der Waals surface area contributed by atoms with Crippen LogP contribution in [0.4, 0.5) is 5.69 Å².